The van der Waals surface area contributed by atoms with Gasteiger partial charge in [0.15, 0.2) is 0 Å². The third-order valence-electron chi connectivity index (χ3n) is 3.15. The van der Waals surface area contributed by atoms with Crippen LogP contribution in [0.15, 0.2) is 24.0 Å². The molecule has 0 saturated carbocycles. The molecule has 1 fully saturated rings. The zero-order valence-corrected chi connectivity index (χ0v) is 9.98. The van der Waals surface area contributed by atoms with E-state index in [4.69, 9.17) is 9.84 Å². The zero-order valence-electron chi connectivity index (χ0n) is 9.98. The van der Waals surface area contributed by atoms with Gasteiger partial charge in [-0.05, 0) is 31.8 Å². The molecule has 0 aromatic rings. The van der Waals surface area contributed by atoms with Crippen LogP contribution in [0.1, 0.15) is 26.2 Å². The van der Waals surface area contributed by atoms with E-state index in [-0.39, 0.29) is 25.0 Å². The summed E-state index contributed by atoms with van der Waals surface area (Å²) < 4.78 is 5.73. The predicted octanol–water partition coefficient (Wildman–Crippen LogP) is 1.32. The van der Waals surface area contributed by atoms with E-state index in [9.17, 15) is 4.79 Å². The molecular weight excluding hydrogens is 220 g/mol. The van der Waals surface area contributed by atoms with Crippen molar-refractivity contribution in [2.45, 2.75) is 38.5 Å². The SMILES string of the molecule is C=C1NC(=O)N(C2CCC(CCO)O2)C=C1C. The molecule has 5 heteroatoms. The van der Waals surface area contributed by atoms with Gasteiger partial charge in [0, 0.05) is 18.5 Å². The molecule has 0 aromatic carbocycles. The van der Waals surface area contributed by atoms with E-state index in [1.807, 2.05) is 6.92 Å². The summed E-state index contributed by atoms with van der Waals surface area (Å²) in [7, 11) is 0. The van der Waals surface area contributed by atoms with Gasteiger partial charge in [-0.1, -0.05) is 6.58 Å². The van der Waals surface area contributed by atoms with Crippen LogP contribution in [0, 0.1) is 0 Å². The second-order valence-electron chi connectivity index (χ2n) is 4.43. The summed E-state index contributed by atoms with van der Waals surface area (Å²) >= 11 is 0. The van der Waals surface area contributed by atoms with Crippen molar-refractivity contribution in [1.29, 1.82) is 0 Å². The minimum Gasteiger partial charge on any atom is -0.396 e. The number of nitrogens with one attached hydrogen (secondary N) is 1. The van der Waals surface area contributed by atoms with E-state index >= 15 is 0 Å². The first kappa shape index (κ1) is 12.1. The number of urea groups is 1. The molecule has 2 aliphatic heterocycles. The molecule has 2 N–H and O–H groups in total. The number of allylic oxidation sites excluding steroid dienone is 1. The predicted molar refractivity (Wildman–Crippen MR) is 62.9 cm³/mol. The van der Waals surface area contributed by atoms with Gasteiger partial charge in [-0.3, -0.25) is 4.90 Å². The molecule has 94 valence electrons. The highest BCUT2D eigenvalue weighted by molar-refractivity contribution is 5.80. The van der Waals surface area contributed by atoms with Crippen molar-refractivity contribution in [2.75, 3.05) is 6.61 Å². The Morgan fingerprint density at radius 3 is 3.12 bits per heavy atom. The summed E-state index contributed by atoms with van der Waals surface area (Å²) in [5.74, 6) is 0. The van der Waals surface area contributed by atoms with Crippen molar-refractivity contribution >= 4 is 6.03 Å². The van der Waals surface area contributed by atoms with Gasteiger partial charge in [0.2, 0.25) is 0 Å². The van der Waals surface area contributed by atoms with Gasteiger partial charge >= 0.3 is 6.03 Å². The van der Waals surface area contributed by atoms with Crippen LogP contribution in [-0.4, -0.2) is 35.0 Å². The molecule has 1 saturated heterocycles. The van der Waals surface area contributed by atoms with Crippen LogP contribution in [0.2, 0.25) is 0 Å². The van der Waals surface area contributed by atoms with E-state index in [1.165, 1.54) is 0 Å². The average Bonchev–Trinajstić information content (AvgIpc) is 2.72. The molecular formula is C12H18N2O3. The van der Waals surface area contributed by atoms with Crippen molar-refractivity contribution < 1.29 is 14.6 Å². The summed E-state index contributed by atoms with van der Waals surface area (Å²) in [5, 5.41) is 11.6. The number of rotatable bonds is 3. The molecule has 2 unspecified atom stereocenters. The van der Waals surface area contributed by atoms with Gasteiger partial charge in [0.1, 0.15) is 6.23 Å². The normalized spacial score (nSPS) is 29.3. The Morgan fingerprint density at radius 1 is 1.65 bits per heavy atom. The fourth-order valence-electron chi connectivity index (χ4n) is 2.10. The lowest BCUT2D eigenvalue weighted by Crippen LogP contribution is -2.45. The Kier molecular flexibility index (Phi) is 3.49. The van der Waals surface area contributed by atoms with Gasteiger partial charge in [-0.2, -0.15) is 0 Å². The zero-order chi connectivity index (χ0) is 12.4. The van der Waals surface area contributed by atoms with Gasteiger partial charge in [-0.15, -0.1) is 0 Å². The second-order valence-corrected chi connectivity index (χ2v) is 4.43. The smallest absolute Gasteiger partial charge is 0.327 e. The number of aliphatic hydroxyl groups is 1. The maximum atomic E-state index is 11.8. The molecule has 2 amide bonds. The first-order chi connectivity index (χ1) is 8.11. The number of carbonyl (C=O) groups is 1. The van der Waals surface area contributed by atoms with Gasteiger partial charge in [0.25, 0.3) is 0 Å². The summed E-state index contributed by atoms with van der Waals surface area (Å²) in [5.41, 5.74) is 1.56. The minimum atomic E-state index is -0.227. The van der Waals surface area contributed by atoms with Gasteiger partial charge < -0.3 is 15.2 Å². The Balaban J connectivity index is 2.03. The summed E-state index contributed by atoms with van der Waals surface area (Å²) in [6.45, 7) is 5.77. The van der Waals surface area contributed by atoms with Crippen molar-refractivity contribution in [2.24, 2.45) is 0 Å². The van der Waals surface area contributed by atoms with Crippen molar-refractivity contribution in [3.63, 3.8) is 0 Å². The molecule has 0 aliphatic carbocycles. The van der Waals surface area contributed by atoms with Crippen molar-refractivity contribution in [3.8, 4) is 0 Å². The molecule has 5 nitrogen and oxygen atoms in total. The third-order valence-corrected chi connectivity index (χ3v) is 3.15. The molecule has 0 aromatic heterocycles. The average molecular weight is 238 g/mol. The summed E-state index contributed by atoms with van der Waals surface area (Å²) in [6, 6.07) is -0.199. The number of amides is 2. The largest absolute Gasteiger partial charge is 0.396 e. The fraction of sp³-hybridized carbons (Fsp3) is 0.583. The van der Waals surface area contributed by atoms with Crippen LogP contribution >= 0.6 is 0 Å². The highest BCUT2D eigenvalue weighted by Crippen LogP contribution is 2.27. The lowest BCUT2D eigenvalue weighted by Gasteiger charge is -2.30. The molecule has 0 radical (unpaired) electrons. The highest BCUT2D eigenvalue weighted by atomic mass is 16.5. The number of aliphatic hydroxyl groups excluding tert-OH is 1. The van der Waals surface area contributed by atoms with Crippen LogP contribution in [0.5, 0.6) is 0 Å². The Hall–Kier alpha value is -1.33. The van der Waals surface area contributed by atoms with Crippen LogP contribution in [0.4, 0.5) is 4.79 Å². The molecule has 2 rings (SSSR count). The lowest BCUT2D eigenvalue weighted by molar-refractivity contribution is -0.0246. The number of hydrogen-bond donors (Lipinski definition) is 2. The number of carbonyl (C=O) groups excluding carboxylic acids is 1. The molecule has 2 aliphatic rings. The van der Waals surface area contributed by atoms with Crippen molar-refractivity contribution in [1.82, 2.24) is 10.2 Å². The highest BCUT2D eigenvalue weighted by Gasteiger charge is 2.33. The Labute approximate surface area is 101 Å². The fourth-order valence-corrected chi connectivity index (χ4v) is 2.10. The third kappa shape index (κ3) is 2.50. The summed E-state index contributed by atoms with van der Waals surface area (Å²) in [4.78, 5) is 13.4. The second kappa shape index (κ2) is 4.89. The van der Waals surface area contributed by atoms with E-state index in [1.54, 1.807) is 11.1 Å². The molecule has 0 bridgehead atoms. The number of ether oxygens (including phenoxy) is 1. The van der Waals surface area contributed by atoms with Gasteiger partial charge in [-0.25, -0.2) is 4.79 Å². The monoisotopic (exact) mass is 238 g/mol. The van der Waals surface area contributed by atoms with E-state index in [0.717, 1.165) is 18.4 Å². The molecule has 2 atom stereocenters. The Morgan fingerprint density at radius 2 is 2.41 bits per heavy atom. The van der Waals surface area contributed by atoms with Crippen LogP contribution < -0.4 is 5.32 Å². The Bertz CT molecular complexity index is 365. The maximum Gasteiger partial charge on any atom is 0.327 e. The van der Waals surface area contributed by atoms with Crippen molar-refractivity contribution in [3.05, 3.63) is 24.0 Å². The number of hydrogen-bond acceptors (Lipinski definition) is 3. The first-order valence-corrected chi connectivity index (χ1v) is 5.85. The van der Waals surface area contributed by atoms with Crippen LogP contribution in [0.3, 0.4) is 0 Å². The summed E-state index contributed by atoms with van der Waals surface area (Å²) in [6.07, 6.45) is 3.90. The number of nitrogens with zero attached hydrogens (tertiary/aromatic N) is 1. The quantitative estimate of drug-likeness (QED) is 0.779. The molecule has 2 heterocycles. The standard InChI is InChI=1S/C12H18N2O3/c1-8-7-14(12(16)13-9(8)2)11-4-3-10(17-11)5-6-15/h7,10-11,15H,2-6H2,1H3,(H,13,16). The van der Waals surface area contributed by atoms with E-state index in [2.05, 4.69) is 11.9 Å². The molecule has 0 spiro atoms. The maximum absolute atomic E-state index is 11.8. The topological polar surface area (TPSA) is 61.8 Å². The van der Waals surface area contributed by atoms with E-state index in [0.29, 0.717) is 12.1 Å². The van der Waals surface area contributed by atoms with Crippen LogP contribution in [-0.2, 0) is 4.74 Å². The minimum absolute atomic E-state index is 0.0524. The van der Waals surface area contributed by atoms with Gasteiger partial charge in [0.05, 0.1) is 6.10 Å². The lowest BCUT2D eigenvalue weighted by atomic mass is 10.1. The first-order valence-electron chi connectivity index (χ1n) is 5.85. The van der Waals surface area contributed by atoms with E-state index < -0.39 is 0 Å². The molecule has 17 heavy (non-hydrogen) atoms. The van der Waals surface area contributed by atoms with Crippen LogP contribution in [0.25, 0.3) is 0 Å².